The lowest BCUT2D eigenvalue weighted by molar-refractivity contribution is -0.133. The topological polar surface area (TPSA) is 32.8 Å². The summed E-state index contributed by atoms with van der Waals surface area (Å²) in [5.74, 6) is 0.688. The summed E-state index contributed by atoms with van der Waals surface area (Å²) in [6.07, 6.45) is 2.84. The summed E-state index contributed by atoms with van der Waals surface area (Å²) in [6, 6.07) is 7.91. The van der Waals surface area contributed by atoms with Crippen LogP contribution in [-0.2, 0) is 9.53 Å². The molecule has 1 aromatic carbocycles. The van der Waals surface area contributed by atoms with E-state index in [4.69, 9.17) is 16.3 Å². The van der Waals surface area contributed by atoms with E-state index in [9.17, 15) is 4.79 Å². The molecule has 0 aliphatic carbocycles. The maximum atomic E-state index is 12.4. The Labute approximate surface area is 137 Å². The highest BCUT2D eigenvalue weighted by Gasteiger charge is 2.24. The van der Waals surface area contributed by atoms with Crippen molar-refractivity contribution in [1.82, 2.24) is 4.90 Å². The minimum absolute atomic E-state index is 0.279. The van der Waals surface area contributed by atoms with Gasteiger partial charge in [0.2, 0.25) is 5.91 Å². The van der Waals surface area contributed by atoms with Crippen LogP contribution in [-0.4, -0.2) is 50.2 Å². The normalized spacial score (nSPS) is 22.7. The highest BCUT2D eigenvalue weighted by Crippen LogP contribution is 2.22. The maximum absolute atomic E-state index is 12.4. The maximum Gasteiger partial charge on any atom is 0.223 e. The van der Waals surface area contributed by atoms with E-state index in [2.05, 4.69) is 11.0 Å². The van der Waals surface area contributed by atoms with Gasteiger partial charge in [0.05, 0.1) is 0 Å². The number of piperazine rings is 1. The molecule has 0 saturated carbocycles. The fraction of sp³-hybridized carbons (Fsp3) is 0.588. The standard InChI is InChI=1S/C17H23ClN2O2/c18-15-4-1-5-16(12-15)19-6-8-20(9-7-19)17(21)11-14-3-2-10-22-13-14/h1,4-5,12,14H,2-3,6-11,13H2. The van der Waals surface area contributed by atoms with Gasteiger partial charge in [-0.1, -0.05) is 17.7 Å². The van der Waals surface area contributed by atoms with Crippen LogP contribution in [0.4, 0.5) is 5.69 Å². The van der Waals surface area contributed by atoms with Gasteiger partial charge in [0.25, 0.3) is 0 Å². The molecule has 0 bridgehead atoms. The van der Waals surface area contributed by atoms with E-state index < -0.39 is 0 Å². The van der Waals surface area contributed by atoms with E-state index in [1.807, 2.05) is 23.1 Å². The molecule has 2 saturated heterocycles. The Bertz CT molecular complexity index is 509. The molecule has 2 heterocycles. The highest BCUT2D eigenvalue weighted by atomic mass is 35.5. The Kier molecular flexibility index (Phi) is 5.21. The minimum atomic E-state index is 0.279. The molecule has 1 amide bonds. The van der Waals surface area contributed by atoms with Gasteiger partial charge in [0.15, 0.2) is 0 Å². The SMILES string of the molecule is O=C(CC1CCCOC1)N1CCN(c2cccc(Cl)c2)CC1. The molecule has 4 nitrogen and oxygen atoms in total. The fourth-order valence-corrected chi connectivity index (χ4v) is 3.42. The van der Waals surface area contributed by atoms with Crippen molar-refractivity contribution < 1.29 is 9.53 Å². The van der Waals surface area contributed by atoms with E-state index >= 15 is 0 Å². The molecule has 3 rings (SSSR count). The van der Waals surface area contributed by atoms with Gasteiger partial charge in [0.1, 0.15) is 0 Å². The number of amides is 1. The van der Waals surface area contributed by atoms with Crippen molar-refractivity contribution in [1.29, 1.82) is 0 Å². The summed E-state index contributed by atoms with van der Waals surface area (Å²) in [4.78, 5) is 16.7. The molecule has 2 aliphatic heterocycles. The van der Waals surface area contributed by atoms with Crippen LogP contribution in [0.15, 0.2) is 24.3 Å². The van der Waals surface area contributed by atoms with Crippen molar-refractivity contribution in [2.75, 3.05) is 44.3 Å². The zero-order chi connectivity index (χ0) is 15.4. The number of benzene rings is 1. The molecule has 2 fully saturated rings. The van der Waals surface area contributed by atoms with Crippen LogP contribution in [0.25, 0.3) is 0 Å². The third-order valence-electron chi connectivity index (χ3n) is 4.52. The predicted octanol–water partition coefficient (Wildman–Crippen LogP) is 2.81. The van der Waals surface area contributed by atoms with Crippen LogP contribution < -0.4 is 4.90 Å². The lowest BCUT2D eigenvalue weighted by Crippen LogP contribution is -2.49. The van der Waals surface area contributed by atoms with Gasteiger partial charge in [-0.25, -0.2) is 0 Å². The Morgan fingerprint density at radius 1 is 1.27 bits per heavy atom. The zero-order valence-electron chi connectivity index (χ0n) is 12.8. The lowest BCUT2D eigenvalue weighted by atomic mass is 9.98. The molecule has 2 aliphatic rings. The van der Waals surface area contributed by atoms with Crippen molar-refractivity contribution in [2.24, 2.45) is 5.92 Å². The summed E-state index contributed by atoms with van der Waals surface area (Å²) in [6.45, 7) is 4.91. The summed E-state index contributed by atoms with van der Waals surface area (Å²) < 4.78 is 5.46. The smallest absolute Gasteiger partial charge is 0.223 e. The van der Waals surface area contributed by atoms with Crippen molar-refractivity contribution >= 4 is 23.2 Å². The van der Waals surface area contributed by atoms with E-state index in [1.54, 1.807) is 0 Å². The third kappa shape index (κ3) is 3.93. The van der Waals surface area contributed by atoms with E-state index in [0.717, 1.165) is 62.9 Å². The molecule has 0 spiro atoms. The van der Waals surface area contributed by atoms with Gasteiger partial charge in [-0.2, -0.15) is 0 Å². The van der Waals surface area contributed by atoms with Gasteiger partial charge < -0.3 is 14.5 Å². The lowest BCUT2D eigenvalue weighted by Gasteiger charge is -2.37. The molecule has 1 atom stereocenters. The van der Waals surface area contributed by atoms with E-state index in [0.29, 0.717) is 12.3 Å². The number of nitrogens with zero attached hydrogens (tertiary/aromatic N) is 2. The second-order valence-electron chi connectivity index (χ2n) is 6.13. The first kappa shape index (κ1) is 15.6. The molecule has 5 heteroatoms. The first-order chi connectivity index (χ1) is 10.7. The summed E-state index contributed by atoms with van der Waals surface area (Å²) in [5, 5.41) is 0.758. The minimum Gasteiger partial charge on any atom is -0.381 e. The van der Waals surface area contributed by atoms with Crippen LogP contribution in [0.3, 0.4) is 0 Å². The summed E-state index contributed by atoms with van der Waals surface area (Å²) in [7, 11) is 0. The molecule has 120 valence electrons. The number of rotatable bonds is 3. The molecule has 1 aromatic rings. The number of ether oxygens (including phenoxy) is 1. The molecular weight excluding hydrogens is 300 g/mol. The van der Waals surface area contributed by atoms with Crippen molar-refractivity contribution in [2.45, 2.75) is 19.3 Å². The Morgan fingerprint density at radius 3 is 2.77 bits per heavy atom. The first-order valence-corrected chi connectivity index (χ1v) is 8.46. The van der Waals surface area contributed by atoms with Gasteiger partial charge in [-0.05, 0) is 37.0 Å². The first-order valence-electron chi connectivity index (χ1n) is 8.08. The Morgan fingerprint density at radius 2 is 2.09 bits per heavy atom. The van der Waals surface area contributed by atoms with Crippen LogP contribution in [0.2, 0.25) is 5.02 Å². The van der Waals surface area contributed by atoms with Crippen LogP contribution >= 0.6 is 11.6 Å². The number of hydrogen-bond acceptors (Lipinski definition) is 3. The number of carbonyl (C=O) groups excluding carboxylic acids is 1. The average molecular weight is 323 g/mol. The highest BCUT2D eigenvalue weighted by molar-refractivity contribution is 6.30. The molecule has 0 radical (unpaired) electrons. The predicted molar refractivity (Wildman–Crippen MR) is 88.4 cm³/mol. The third-order valence-corrected chi connectivity index (χ3v) is 4.76. The van der Waals surface area contributed by atoms with E-state index in [-0.39, 0.29) is 5.91 Å². The van der Waals surface area contributed by atoms with Gasteiger partial charge >= 0.3 is 0 Å². The van der Waals surface area contributed by atoms with Gasteiger partial charge in [-0.15, -0.1) is 0 Å². The van der Waals surface area contributed by atoms with Crippen LogP contribution in [0.1, 0.15) is 19.3 Å². The fourth-order valence-electron chi connectivity index (χ4n) is 3.23. The largest absolute Gasteiger partial charge is 0.381 e. The van der Waals surface area contributed by atoms with Crippen molar-refractivity contribution in [3.63, 3.8) is 0 Å². The molecular formula is C17H23ClN2O2. The summed E-state index contributed by atoms with van der Waals surface area (Å²) in [5.41, 5.74) is 1.14. The zero-order valence-corrected chi connectivity index (χ0v) is 13.6. The number of carbonyl (C=O) groups is 1. The van der Waals surface area contributed by atoms with Crippen LogP contribution in [0, 0.1) is 5.92 Å². The number of hydrogen-bond donors (Lipinski definition) is 0. The van der Waals surface area contributed by atoms with Crippen molar-refractivity contribution in [3.8, 4) is 0 Å². The van der Waals surface area contributed by atoms with E-state index in [1.165, 1.54) is 0 Å². The monoisotopic (exact) mass is 322 g/mol. The van der Waals surface area contributed by atoms with Gasteiger partial charge in [-0.3, -0.25) is 4.79 Å². The number of anilines is 1. The second-order valence-corrected chi connectivity index (χ2v) is 6.57. The van der Waals surface area contributed by atoms with Crippen molar-refractivity contribution in [3.05, 3.63) is 29.3 Å². The molecule has 0 N–H and O–H groups in total. The van der Waals surface area contributed by atoms with Gasteiger partial charge in [0, 0.05) is 56.5 Å². The Hall–Kier alpha value is -1.26. The Balaban J connectivity index is 1.49. The average Bonchev–Trinajstić information content (AvgIpc) is 2.56. The summed E-state index contributed by atoms with van der Waals surface area (Å²) >= 11 is 6.05. The number of halogens is 1. The second kappa shape index (κ2) is 7.34. The molecule has 0 aromatic heterocycles. The quantitative estimate of drug-likeness (QED) is 0.858. The van der Waals surface area contributed by atoms with Crippen LogP contribution in [0.5, 0.6) is 0 Å². The molecule has 1 unspecified atom stereocenters. The molecule has 22 heavy (non-hydrogen) atoms.